The lowest BCUT2D eigenvalue weighted by atomic mass is 9.97. The van der Waals surface area contributed by atoms with E-state index >= 15 is 0 Å². The number of nitrogens with zero attached hydrogens (tertiary/aromatic N) is 3. The Morgan fingerprint density at radius 2 is 0.704 bits per heavy atom. The summed E-state index contributed by atoms with van der Waals surface area (Å²) in [6.45, 7) is 0. The number of para-hydroxylation sites is 2. The second-order valence-corrected chi connectivity index (χ2v) is 13.6. The SMILES string of the molecule is c1cc(-c2ccc(-c3nc(-c4ccc5c(c4)oc4ccccc45)nc(-c4ccc5c(c4)oc4ccccc45)n3)cc2)cc(-c2ccc3ccccc3c2)c1. The summed E-state index contributed by atoms with van der Waals surface area (Å²) in [4.78, 5) is 15.1. The number of furan rings is 2. The molecule has 0 saturated heterocycles. The van der Waals surface area contributed by atoms with Crippen LogP contribution < -0.4 is 0 Å². The number of benzene rings is 8. The Balaban J connectivity index is 1.00. The van der Waals surface area contributed by atoms with Crippen LogP contribution in [0.5, 0.6) is 0 Å². The first-order valence-corrected chi connectivity index (χ1v) is 18.0. The highest BCUT2D eigenvalue weighted by Gasteiger charge is 2.16. The van der Waals surface area contributed by atoms with Crippen molar-refractivity contribution in [2.24, 2.45) is 0 Å². The molecular weight excluding hydrogens is 663 g/mol. The predicted octanol–water partition coefficient (Wildman–Crippen LogP) is 13.2. The number of fused-ring (bicyclic) bond motifs is 7. The molecule has 54 heavy (non-hydrogen) atoms. The van der Waals surface area contributed by atoms with Crippen LogP contribution in [0.3, 0.4) is 0 Å². The molecule has 11 rings (SSSR count). The first-order valence-electron chi connectivity index (χ1n) is 18.0. The van der Waals surface area contributed by atoms with Gasteiger partial charge in [0.05, 0.1) is 0 Å². The Kier molecular flexibility index (Phi) is 6.79. The van der Waals surface area contributed by atoms with Crippen molar-refractivity contribution in [1.29, 1.82) is 0 Å². The Morgan fingerprint density at radius 3 is 1.33 bits per heavy atom. The fourth-order valence-corrected chi connectivity index (χ4v) is 7.55. The Bertz CT molecular complexity index is 3100. The third-order valence-corrected chi connectivity index (χ3v) is 10.3. The maximum absolute atomic E-state index is 6.25. The summed E-state index contributed by atoms with van der Waals surface area (Å²) in [6.07, 6.45) is 0. The first-order chi connectivity index (χ1) is 26.7. The minimum absolute atomic E-state index is 0.564. The summed E-state index contributed by atoms with van der Waals surface area (Å²) in [7, 11) is 0. The molecular formula is C49H29N3O2. The van der Waals surface area contributed by atoms with E-state index in [9.17, 15) is 0 Å². The summed E-state index contributed by atoms with van der Waals surface area (Å²) in [5.74, 6) is 1.71. The van der Waals surface area contributed by atoms with Crippen molar-refractivity contribution in [3.63, 3.8) is 0 Å². The van der Waals surface area contributed by atoms with Crippen LogP contribution in [0.1, 0.15) is 0 Å². The van der Waals surface area contributed by atoms with Crippen molar-refractivity contribution in [3.8, 4) is 56.4 Å². The average molecular weight is 692 g/mol. The zero-order chi connectivity index (χ0) is 35.6. The van der Waals surface area contributed by atoms with Gasteiger partial charge in [-0.3, -0.25) is 0 Å². The molecule has 3 heterocycles. The molecule has 5 heteroatoms. The second-order valence-electron chi connectivity index (χ2n) is 13.6. The molecule has 0 aliphatic heterocycles. The zero-order valence-corrected chi connectivity index (χ0v) is 28.9. The summed E-state index contributed by atoms with van der Waals surface area (Å²) >= 11 is 0. The maximum Gasteiger partial charge on any atom is 0.164 e. The van der Waals surface area contributed by atoms with Gasteiger partial charge in [-0.1, -0.05) is 127 Å². The second kappa shape index (κ2) is 12.1. The molecule has 0 aliphatic carbocycles. The van der Waals surface area contributed by atoms with Crippen molar-refractivity contribution in [1.82, 2.24) is 15.0 Å². The molecule has 0 atom stereocenters. The topological polar surface area (TPSA) is 65.0 Å². The molecule has 252 valence electrons. The standard InChI is InChI=1S/C49H29N3O2/c1-2-9-33-27-36(21-18-30(33)8-1)35-11-7-10-34(26-35)31-16-19-32(20-17-31)47-50-48(37-22-24-41-39-12-3-5-14-43(39)53-45(41)28-37)52-49(51-47)38-23-25-42-40-13-4-6-15-44(40)54-46(42)29-38/h1-29H. The normalized spacial score (nSPS) is 11.7. The van der Waals surface area contributed by atoms with E-state index in [1.54, 1.807) is 0 Å². The maximum atomic E-state index is 6.25. The molecule has 0 aliphatic rings. The molecule has 0 N–H and O–H groups in total. The monoisotopic (exact) mass is 691 g/mol. The van der Waals surface area contributed by atoms with Gasteiger partial charge in [0.1, 0.15) is 22.3 Å². The molecule has 0 unspecified atom stereocenters. The van der Waals surface area contributed by atoms with E-state index in [4.69, 9.17) is 23.8 Å². The van der Waals surface area contributed by atoms with Crippen molar-refractivity contribution in [2.45, 2.75) is 0 Å². The Labute approximate surface area is 309 Å². The molecule has 5 nitrogen and oxygen atoms in total. The first kappa shape index (κ1) is 30.3. The van der Waals surface area contributed by atoms with Crippen LogP contribution in [0.2, 0.25) is 0 Å². The van der Waals surface area contributed by atoms with Gasteiger partial charge in [0.2, 0.25) is 0 Å². The number of aromatic nitrogens is 3. The van der Waals surface area contributed by atoms with Crippen LogP contribution in [0, 0.1) is 0 Å². The Hall–Kier alpha value is -7.37. The van der Waals surface area contributed by atoms with Gasteiger partial charge in [-0.2, -0.15) is 0 Å². The van der Waals surface area contributed by atoms with Crippen LogP contribution >= 0.6 is 0 Å². The van der Waals surface area contributed by atoms with Crippen LogP contribution in [0.15, 0.2) is 185 Å². The minimum atomic E-state index is 0.564. The van der Waals surface area contributed by atoms with Crippen LogP contribution in [0.4, 0.5) is 0 Å². The van der Waals surface area contributed by atoms with Gasteiger partial charge >= 0.3 is 0 Å². The van der Waals surface area contributed by atoms with Crippen LogP contribution in [-0.2, 0) is 0 Å². The van der Waals surface area contributed by atoms with Crippen molar-refractivity contribution >= 4 is 54.6 Å². The number of hydrogen-bond donors (Lipinski definition) is 0. The van der Waals surface area contributed by atoms with Crippen molar-refractivity contribution < 1.29 is 8.83 Å². The van der Waals surface area contributed by atoms with E-state index in [0.717, 1.165) is 71.7 Å². The lowest BCUT2D eigenvalue weighted by molar-refractivity contribution is 0.668. The lowest BCUT2D eigenvalue weighted by Crippen LogP contribution is -2.00. The smallest absolute Gasteiger partial charge is 0.164 e. The highest BCUT2D eigenvalue weighted by molar-refractivity contribution is 6.06. The van der Waals surface area contributed by atoms with Crippen molar-refractivity contribution in [2.75, 3.05) is 0 Å². The van der Waals surface area contributed by atoms with Gasteiger partial charge in [-0.25, -0.2) is 15.0 Å². The molecule has 11 aromatic rings. The van der Waals surface area contributed by atoms with E-state index in [-0.39, 0.29) is 0 Å². The van der Waals surface area contributed by atoms with Crippen LogP contribution in [0.25, 0.3) is 111 Å². The quantitative estimate of drug-likeness (QED) is 0.180. The fraction of sp³-hybridized carbons (Fsp3) is 0. The molecule has 8 aromatic carbocycles. The number of hydrogen-bond acceptors (Lipinski definition) is 5. The molecule has 0 radical (unpaired) electrons. The zero-order valence-electron chi connectivity index (χ0n) is 28.9. The van der Waals surface area contributed by atoms with E-state index < -0.39 is 0 Å². The molecule has 0 amide bonds. The average Bonchev–Trinajstić information content (AvgIpc) is 3.81. The molecule has 0 fully saturated rings. The van der Waals surface area contributed by atoms with E-state index in [1.165, 1.54) is 21.9 Å². The van der Waals surface area contributed by atoms with Gasteiger partial charge in [-0.05, 0) is 81.6 Å². The highest BCUT2D eigenvalue weighted by Crippen LogP contribution is 2.35. The molecule has 0 saturated carbocycles. The van der Waals surface area contributed by atoms with Gasteiger partial charge in [-0.15, -0.1) is 0 Å². The minimum Gasteiger partial charge on any atom is -0.456 e. The van der Waals surface area contributed by atoms with E-state index in [1.807, 2.05) is 48.5 Å². The summed E-state index contributed by atoms with van der Waals surface area (Å²) < 4.78 is 12.5. The summed E-state index contributed by atoms with van der Waals surface area (Å²) in [6, 6.07) is 60.8. The van der Waals surface area contributed by atoms with Crippen LogP contribution in [-0.4, -0.2) is 15.0 Å². The predicted molar refractivity (Wildman–Crippen MR) is 219 cm³/mol. The van der Waals surface area contributed by atoms with Gasteiger partial charge in [0.15, 0.2) is 17.5 Å². The third kappa shape index (κ3) is 5.13. The summed E-state index contributed by atoms with van der Waals surface area (Å²) in [5, 5.41) is 6.74. The fourth-order valence-electron chi connectivity index (χ4n) is 7.55. The number of rotatable bonds is 5. The van der Waals surface area contributed by atoms with Gasteiger partial charge in [0.25, 0.3) is 0 Å². The molecule has 0 spiro atoms. The third-order valence-electron chi connectivity index (χ3n) is 10.3. The summed E-state index contributed by atoms with van der Waals surface area (Å²) in [5.41, 5.74) is 10.5. The Morgan fingerprint density at radius 1 is 0.259 bits per heavy atom. The molecule has 3 aromatic heterocycles. The lowest BCUT2D eigenvalue weighted by Gasteiger charge is -2.10. The highest BCUT2D eigenvalue weighted by atomic mass is 16.3. The van der Waals surface area contributed by atoms with E-state index in [2.05, 4.69) is 127 Å². The van der Waals surface area contributed by atoms with Crippen molar-refractivity contribution in [3.05, 3.63) is 176 Å². The largest absolute Gasteiger partial charge is 0.456 e. The van der Waals surface area contributed by atoms with Gasteiger partial charge < -0.3 is 8.83 Å². The molecule has 0 bridgehead atoms. The van der Waals surface area contributed by atoms with Gasteiger partial charge in [0, 0.05) is 38.2 Å². The van der Waals surface area contributed by atoms with E-state index in [0.29, 0.717) is 17.5 Å².